The minimum Gasteiger partial charge on any atom is -0.463 e. The Morgan fingerprint density at radius 3 is 2.48 bits per heavy atom. The van der Waals surface area contributed by atoms with Gasteiger partial charge in [0.25, 0.3) is 0 Å². The van der Waals surface area contributed by atoms with E-state index < -0.39 is 11.0 Å². The first-order valence-electron chi connectivity index (χ1n) is 22.3. The van der Waals surface area contributed by atoms with Gasteiger partial charge in [-0.2, -0.15) is 0 Å². The summed E-state index contributed by atoms with van der Waals surface area (Å²) in [5.41, 5.74) is 10.3. The van der Waals surface area contributed by atoms with Crippen molar-refractivity contribution in [3.05, 3.63) is 68.6 Å². The Morgan fingerprint density at radius 1 is 0.951 bits per heavy atom. The fourth-order valence-electron chi connectivity index (χ4n) is 12.3. The number of carbonyl (C=O) groups excluding carboxylic acids is 2. The van der Waals surface area contributed by atoms with Crippen molar-refractivity contribution in [3.63, 3.8) is 0 Å². The monoisotopic (exact) mass is 842 g/mol. The summed E-state index contributed by atoms with van der Waals surface area (Å²) in [6.45, 7) is 9.44. The third-order valence-electron chi connectivity index (χ3n) is 15.4. The summed E-state index contributed by atoms with van der Waals surface area (Å²) in [7, 11) is 0. The SMILES string of the molecule is CC(CCC(=O)OCCOCCOCCN=[N+]=[N-])C1CCC2C3CC[C@@H]4C[C@H](NC(=O)C(Cc5ccccc5)Nc5ccc([N+](=O)[O-])c6nonc56)CC[C@]4(C)C3CC[C@]12C. The Bertz CT molecular complexity index is 2030. The molecular weight excluding hydrogens is 781 g/mol. The molecule has 3 aromatic rings. The summed E-state index contributed by atoms with van der Waals surface area (Å²) in [6.07, 6.45) is 12.1. The average Bonchev–Trinajstić information content (AvgIpc) is 3.89. The number of nitro benzene ring substituents is 1. The standard InChI is InChI=1S/C45H62N8O8/c1-29(9-16-40(54)60-26-25-59-24-23-58-22-21-47-52-46)34-12-13-35-33-11-10-31-28-32(17-19-44(31,2)36(33)18-20-45(34,35)3)48-43(55)38(27-30-7-5-4-6-8-30)49-37-14-15-39(53(56)57)42-41(37)50-61-51-42/h4-8,14-15,29,31-36,38,49H,9-13,16-28H2,1-3H3,(H,48,55)/t29?,31-,32-,33?,34?,35?,36?,38?,44+,45-/m1/s1. The van der Waals surface area contributed by atoms with Gasteiger partial charge < -0.3 is 24.8 Å². The lowest BCUT2D eigenvalue weighted by Crippen LogP contribution is -2.56. The molecule has 0 radical (unpaired) electrons. The first-order valence-corrected chi connectivity index (χ1v) is 22.3. The molecule has 1 heterocycles. The van der Waals surface area contributed by atoms with Gasteiger partial charge >= 0.3 is 11.7 Å². The van der Waals surface area contributed by atoms with Gasteiger partial charge in [-0.1, -0.05) is 56.2 Å². The zero-order valence-corrected chi connectivity index (χ0v) is 35.8. The van der Waals surface area contributed by atoms with Crippen molar-refractivity contribution in [2.45, 2.75) is 110 Å². The van der Waals surface area contributed by atoms with Crippen LogP contribution in [0.1, 0.15) is 97.0 Å². The summed E-state index contributed by atoms with van der Waals surface area (Å²) >= 11 is 0. The Morgan fingerprint density at radius 2 is 1.69 bits per heavy atom. The maximum atomic E-state index is 14.2. The number of nitrogens with zero attached hydrogens (tertiary/aromatic N) is 6. The van der Waals surface area contributed by atoms with Crippen LogP contribution in [-0.2, 0) is 30.2 Å². The summed E-state index contributed by atoms with van der Waals surface area (Å²) in [4.78, 5) is 40.6. The van der Waals surface area contributed by atoms with E-state index in [1.165, 1.54) is 44.6 Å². The van der Waals surface area contributed by atoms with Crippen LogP contribution in [0.4, 0.5) is 11.4 Å². The third-order valence-corrected chi connectivity index (χ3v) is 15.4. The van der Waals surface area contributed by atoms with Gasteiger partial charge in [0, 0.05) is 36.4 Å². The Labute approximate surface area is 357 Å². The average molecular weight is 843 g/mol. The highest BCUT2D eigenvalue weighted by Crippen LogP contribution is 2.68. The topological polar surface area (TPSA) is 217 Å². The molecule has 1 amide bonds. The van der Waals surface area contributed by atoms with Crippen LogP contribution in [-0.4, -0.2) is 78.8 Å². The van der Waals surface area contributed by atoms with Gasteiger partial charge in [-0.15, -0.1) is 0 Å². The first-order chi connectivity index (χ1) is 29.5. The van der Waals surface area contributed by atoms with Crippen LogP contribution in [0.15, 0.2) is 52.2 Å². The number of carbonyl (C=O) groups is 2. The van der Waals surface area contributed by atoms with Crippen LogP contribution in [0, 0.1) is 56.5 Å². The van der Waals surface area contributed by atoms with Crippen molar-refractivity contribution in [2.24, 2.45) is 51.5 Å². The number of hydrogen-bond donors (Lipinski definition) is 2. The fourth-order valence-corrected chi connectivity index (χ4v) is 12.3. The van der Waals surface area contributed by atoms with E-state index in [4.69, 9.17) is 24.4 Å². The maximum absolute atomic E-state index is 14.2. The number of nitrogens with one attached hydrogen (secondary N) is 2. The number of rotatable bonds is 20. The molecular formula is C45H62N8O8. The highest BCUT2D eigenvalue weighted by Gasteiger charge is 2.60. The molecule has 0 spiro atoms. The second-order valence-corrected chi connectivity index (χ2v) is 18.5. The smallest absolute Gasteiger partial charge is 0.305 e. The number of ether oxygens (including phenoxy) is 3. The molecule has 2 aromatic carbocycles. The second kappa shape index (κ2) is 19.9. The fraction of sp³-hybridized carbons (Fsp3) is 0.689. The van der Waals surface area contributed by atoms with Gasteiger partial charge in [0.05, 0.1) is 37.0 Å². The van der Waals surface area contributed by atoms with Gasteiger partial charge in [0.15, 0.2) is 5.52 Å². The van der Waals surface area contributed by atoms with Crippen molar-refractivity contribution in [2.75, 3.05) is 44.9 Å². The number of amides is 1. The van der Waals surface area contributed by atoms with Crippen molar-refractivity contribution in [1.82, 2.24) is 15.6 Å². The van der Waals surface area contributed by atoms with E-state index >= 15 is 0 Å². The molecule has 7 rings (SSSR count). The van der Waals surface area contributed by atoms with E-state index in [9.17, 15) is 19.7 Å². The minimum absolute atomic E-state index is 0.0406. The second-order valence-electron chi connectivity index (χ2n) is 18.5. The van der Waals surface area contributed by atoms with Crippen LogP contribution < -0.4 is 10.6 Å². The zero-order valence-electron chi connectivity index (χ0n) is 35.8. The van der Waals surface area contributed by atoms with Gasteiger partial charge in [-0.25, -0.2) is 4.63 Å². The molecule has 10 atom stereocenters. The van der Waals surface area contributed by atoms with Crippen molar-refractivity contribution in [1.29, 1.82) is 0 Å². The number of benzene rings is 2. The van der Waals surface area contributed by atoms with E-state index in [1.807, 2.05) is 30.3 Å². The van der Waals surface area contributed by atoms with E-state index in [0.717, 1.165) is 31.2 Å². The van der Waals surface area contributed by atoms with Crippen LogP contribution in [0.25, 0.3) is 21.5 Å². The summed E-state index contributed by atoms with van der Waals surface area (Å²) in [6, 6.07) is 12.2. The predicted molar refractivity (Wildman–Crippen MR) is 228 cm³/mol. The molecule has 0 bridgehead atoms. The molecule has 4 aliphatic rings. The van der Waals surface area contributed by atoms with Gasteiger partial charge in [-0.05, 0) is 138 Å². The molecule has 4 fully saturated rings. The summed E-state index contributed by atoms with van der Waals surface area (Å²) in [5, 5.41) is 29.5. The molecule has 330 valence electrons. The molecule has 16 heteroatoms. The highest BCUT2D eigenvalue weighted by atomic mass is 16.6. The number of aromatic nitrogens is 2. The number of anilines is 1. The highest BCUT2D eigenvalue weighted by molar-refractivity contribution is 5.95. The Kier molecular flexibility index (Phi) is 14.5. The number of nitro groups is 1. The molecule has 0 aliphatic heterocycles. The van der Waals surface area contributed by atoms with E-state index in [0.29, 0.717) is 87.0 Å². The summed E-state index contributed by atoms with van der Waals surface area (Å²) < 4.78 is 21.2. The number of non-ortho nitro benzene ring substituents is 1. The molecule has 16 nitrogen and oxygen atoms in total. The number of fused-ring (bicyclic) bond motifs is 6. The molecule has 61 heavy (non-hydrogen) atoms. The predicted octanol–water partition coefficient (Wildman–Crippen LogP) is 8.60. The Hall–Kier alpha value is -4.79. The molecule has 1 aromatic heterocycles. The van der Waals surface area contributed by atoms with Crippen molar-refractivity contribution >= 4 is 34.3 Å². The molecule has 4 saturated carbocycles. The number of esters is 1. The number of azide groups is 1. The van der Waals surface area contributed by atoms with Gasteiger partial charge in [-0.3, -0.25) is 19.7 Å². The first kappa shape index (κ1) is 44.3. The number of hydrogen-bond acceptors (Lipinski definition) is 12. The molecule has 4 aliphatic carbocycles. The lowest BCUT2D eigenvalue weighted by atomic mass is 9.44. The molecule has 6 unspecified atom stereocenters. The van der Waals surface area contributed by atoms with Crippen LogP contribution >= 0.6 is 0 Å². The molecule has 2 N–H and O–H groups in total. The van der Waals surface area contributed by atoms with Crippen LogP contribution in [0.5, 0.6) is 0 Å². The van der Waals surface area contributed by atoms with Crippen LogP contribution in [0.3, 0.4) is 0 Å². The summed E-state index contributed by atoms with van der Waals surface area (Å²) in [5.74, 6) is 3.43. The van der Waals surface area contributed by atoms with Crippen molar-refractivity contribution < 1.29 is 33.4 Å². The van der Waals surface area contributed by atoms with Gasteiger partial charge in [0.1, 0.15) is 12.6 Å². The minimum atomic E-state index is -0.646. The third kappa shape index (κ3) is 9.97. The zero-order chi connectivity index (χ0) is 43.0. The van der Waals surface area contributed by atoms with E-state index in [-0.39, 0.29) is 52.1 Å². The molecule has 0 saturated heterocycles. The van der Waals surface area contributed by atoms with Gasteiger partial charge in [0.2, 0.25) is 11.4 Å². The largest absolute Gasteiger partial charge is 0.463 e. The lowest BCUT2D eigenvalue weighted by molar-refractivity contribution is -0.383. The Balaban J connectivity index is 0.905. The quantitative estimate of drug-likeness (QED) is 0.0209. The maximum Gasteiger partial charge on any atom is 0.305 e. The van der Waals surface area contributed by atoms with Crippen LogP contribution in [0.2, 0.25) is 0 Å². The van der Waals surface area contributed by atoms with E-state index in [2.05, 4.69) is 51.7 Å². The van der Waals surface area contributed by atoms with E-state index in [1.54, 1.807) is 6.07 Å². The normalized spacial score (nSPS) is 29.0. The van der Waals surface area contributed by atoms with Crippen molar-refractivity contribution in [3.8, 4) is 0 Å². The lowest BCUT2D eigenvalue weighted by Gasteiger charge is -2.61.